The van der Waals surface area contributed by atoms with Gasteiger partial charge >= 0.3 is 5.97 Å². The van der Waals surface area contributed by atoms with Gasteiger partial charge in [-0.2, -0.15) is 0 Å². The first-order valence-electron chi connectivity index (χ1n) is 5.06. The lowest BCUT2D eigenvalue weighted by atomic mass is 9.98. The van der Waals surface area contributed by atoms with E-state index in [0.29, 0.717) is 5.56 Å². The van der Waals surface area contributed by atoms with Crippen LogP contribution < -0.4 is 0 Å². The van der Waals surface area contributed by atoms with Crippen molar-refractivity contribution in [2.24, 2.45) is 0 Å². The lowest BCUT2D eigenvalue weighted by Gasteiger charge is -2.24. The minimum atomic E-state index is -0.856. The number of carboxylic acid groups (broad SMARTS) is 1. The number of hydrogen-bond acceptors (Lipinski definition) is 2. The Labute approximate surface area is 90.3 Å². The van der Waals surface area contributed by atoms with Crippen molar-refractivity contribution >= 4 is 5.97 Å². The molecule has 0 fully saturated rings. The zero-order valence-electron chi connectivity index (χ0n) is 9.40. The number of nitrogens with zero attached hydrogens (tertiary/aromatic N) is 1. The molecule has 1 atom stereocenters. The van der Waals surface area contributed by atoms with Crippen LogP contribution in [-0.4, -0.2) is 30.1 Å². The zero-order valence-corrected chi connectivity index (χ0v) is 9.40. The molecule has 0 radical (unpaired) electrons. The third-order valence-electron chi connectivity index (χ3n) is 2.56. The maximum absolute atomic E-state index is 11.0. The van der Waals surface area contributed by atoms with E-state index in [4.69, 9.17) is 5.11 Å². The van der Waals surface area contributed by atoms with Crippen LogP contribution in [0.25, 0.3) is 0 Å². The highest BCUT2D eigenvalue weighted by Crippen LogP contribution is 2.24. The van der Waals surface area contributed by atoms with E-state index in [-0.39, 0.29) is 6.04 Å². The molecule has 0 heterocycles. The van der Waals surface area contributed by atoms with Gasteiger partial charge in [-0.25, -0.2) is 4.79 Å². The number of rotatable bonds is 4. The van der Waals surface area contributed by atoms with E-state index in [9.17, 15) is 4.79 Å². The van der Waals surface area contributed by atoms with Gasteiger partial charge in [0.05, 0.1) is 5.56 Å². The molecule has 15 heavy (non-hydrogen) atoms. The van der Waals surface area contributed by atoms with Gasteiger partial charge in [0.1, 0.15) is 0 Å². The summed E-state index contributed by atoms with van der Waals surface area (Å²) >= 11 is 0. The molecule has 1 aromatic rings. The summed E-state index contributed by atoms with van der Waals surface area (Å²) in [5.74, 6) is -0.856. The molecule has 0 bridgehead atoms. The van der Waals surface area contributed by atoms with Crippen molar-refractivity contribution in [2.75, 3.05) is 14.1 Å². The predicted molar refractivity (Wildman–Crippen MR) is 60.1 cm³/mol. The van der Waals surface area contributed by atoms with E-state index in [2.05, 4.69) is 6.92 Å². The summed E-state index contributed by atoms with van der Waals surface area (Å²) in [6, 6.07) is 7.35. The normalized spacial score (nSPS) is 12.8. The molecule has 1 unspecified atom stereocenters. The monoisotopic (exact) mass is 207 g/mol. The first kappa shape index (κ1) is 11.7. The fraction of sp³-hybridized carbons (Fsp3) is 0.417. The van der Waals surface area contributed by atoms with Crippen LogP contribution in [0, 0.1) is 0 Å². The quantitative estimate of drug-likeness (QED) is 0.824. The highest BCUT2D eigenvalue weighted by atomic mass is 16.4. The van der Waals surface area contributed by atoms with Gasteiger partial charge in [0.2, 0.25) is 0 Å². The summed E-state index contributed by atoms with van der Waals surface area (Å²) < 4.78 is 0. The molecular formula is C12H17NO2. The smallest absolute Gasteiger partial charge is 0.336 e. The molecule has 82 valence electrons. The maximum Gasteiger partial charge on any atom is 0.336 e. The Hall–Kier alpha value is -1.35. The summed E-state index contributed by atoms with van der Waals surface area (Å²) in [6.07, 6.45) is 0.900. The second-order valence-electron chi connectivity index (χ2n) is 3.78. The maximum atomic E-state index is 11.0. The van der Waals surface area contributed by atoms with E-state index >= 15 is 0 Å². The highest BCUT2D eigenvalue weighted by molar-refractivity contribution is 5.89. The van der Waals surface area contributed by atoms with E-state index in [0.717, 1.165) is 12.0 Å². The fourth-order valence-corrected chi connectivity index (χ4v) is 1.85. The van der Waals surface area contributed by atoms with E-state index < -0.39 is 5.97 Å². The van der Waals surface area contributed by atoms with Crippen molar-refractivity contribution in [1.82, 2.24) is 4.90 Å². The van der Waals surface area contributed by atoms with Gasteiger partial charge in [-0.05, 0) is 32.1 Å². The fourth-order valence-electron chi connectivity index (χ4n) is 1.85. The molecule has 0 aliphatic heterocycles. The Morgan fingerprint density at radius 2 is 2.00 bits per heavy atom. The van der Waals surface area contributed by atoms with E-state index in [1.54, 1.807) is 12.1 Å². The van der Waals surface area contributed by atoms with Crippen LogP contribution in [0.3, 0.4) is 0 Å². The van der Waals surface area contributed by atoms with Crippen molar-refractivity contribution < 1.29 is 9.90 Å². The van der Waals surface area contributed by atoms with Crippen molar-refractivity contribution in [2.45, 2.75) is 19.4 Å². The molecule has 0 spiro atoms. The van der Waals surface area contributed by atoms with E-state index in [1.807, 2.05) is 31.1 Å². The minimum absolute atomic E-state index is 0.164. The van der Waals surface area contributed by atoms with Gasteiger partial charge in [-0.3, -0.25) is 0 Å². The van der Waals surface area contributed by atoms with Crippen LogP contribution in [0.15, 0.2) is 24.3 Å². The summed E-state index contributed by atoms with van der Waals surface area (Å²) in [6.45, 7) is 2.06. The molecule has 0 amide bonds. The number of benzene rings is 1. The van der Waals surface area contributed by atoms with Gasteiger partial charge in [-0.15, -0.1) is 0 Å². The molecule has 0 aliphatic carbocycles. The number of aromatic carboxylic acids is 1. The van der Waals surface area contributed by atoms with Gasteiger partial charge < -0.3 is 10.0 Å². The Morgan fingerprint density at radius 3 is 2.47 bits per heavy atom. The Balaban J connectivity index is 3.16. The number of carboxylic acids is 1. The molecule has 0 saturated carbocycles. The lowest BCUT2D eigenvalue weighted by molar-refractivity contribution is 0.0693. The summed E-state index contributed by atoms with van der Waals surface area (Å²) in [4.78, 5) is 13.1. The lowest BCUT2D eigenvalue weighted by Crippen LogP contribution is -2.21. The average molecular weight is 207 g/mol. The summed E-state index contributed by atoms with van der Waals surface area (Å²) in [5.41, 5.74) is 1.29. The number of hydrogen-bond donors (Lipinski definition) is 1. The Bertz CT molecular complexity index is 347. The van der Waals surface area contributed by atoms with Crippen LogP contribution in [0.5, 0.6) is 0 Å². The van der Waals surface area contributed by atoms with Gasteiger partial charge in [-0.1, -0.05) is 25.1 Å². The minimum Gasteiger partial charge on any atom is -0.478 e. The van der Waals surface area contributed by atoms with Crippen LogP contribution in [0.1, 0.15) is 35.3 Å². The third-order valence-corrected chi connectivity index (χ3v) is 2.56. The molecule has 1 rings (SSSR count). The van der Waals surface area contributed by atoms with Gasteiger partial charge in [0, 0.05) is 6.04 Å². The Morgan fingerprint density at radius 1 is 1.40 bits per heavy atom. The molecule has 0 aromatic heterocycles. The summed E-state index contributed by atoms with van der Waals surface area (Å²) in [5, 5.41) is 9.07. The van der Waals surface area contributed by atoms with Crippen molar-refractivity contribution in [3.8, 4) is 0 Å². The molecule has 1 aromatic carbocycles. The summed E-state index contributed by atoms with van der Waals surface area (Å²) in [7, 11) is 3.93. The van der Waals surface area contributed by atoms with Crippen molar-refractivity contribution in [3.63, 3.8) is 0 Å². The predicted octanol–water partition coefficient (Wildman–Crippen LogP) is 2.40. The first-order valence-corrected chi connectivity index (χ1v) is 5.06. The molecular weight excluding hydrogens is 190 g/mol. The van der Waals surface area contributed by atoms with Crippen LogP contribution in [-0.2, 0) is 0 Å². The van der Waals surface area contributed by atoms with Crippen LogP contribution in [0.4, 0.5) is 0 Å². The molecule has 3 heteroatoms. The van der Waals surface area contributed by atoms with Crippen LogP contribution >= 0.6 is 0 Å². The van der Waals surface area contributed by atoms with Crippen LogP contribution in [0.2, 0.25) is 0 Å². The van der Waals surface area contributed by atoms with E-state index in [1.165, 1.54) is 0 Å². The third kappa shape index (κ3) is 2.57. The topological polar surface area (TPSA) is 40.5 Å². The van der Waals surface area contributed by atoms with Gasteiger partial charge in [0.25, 0.3) is 0 Å². The Kier molecular flexibility index (Phi) is 3.86. The molecule has 3 nitrogen and oxygen atoms in total. The standard InChI is InChI=1S/C12H17NO2/c1-4-11(13(2)3)9-7-5-6-8-10(9)12(14)15/h5-8,11H,4H2,1-3H3,(H,14,15). The number of carbonyl (C=O) groups is 1. The molecule has 0 aliphatic rings. The highest BCUT2D eigenvalue weighted by Gasteiger charge is 2.18. The van der Waals surface area contributed by atoms with Crippen molar-refractivity contribution in [1.29, 1.82) is 0 Å². The van der Waals surface area contributed by atoms with Crippen molar-refractivity contribution in [3.05, 3.63) is 35.4 Å². The molecule has 0 saturated heterocycles. The first-order chi connectivity index (χ1) is 7.07. The average Bonchev–Trinajstić information content (AvgIpc) is 2.18. The van der Waals surface area contributed by atoms with Gasteiger partial charge in [0.15, 0.2) is 0 Å². The SMILES string of the molecule is CCC(c1ccccc1C(=O)O)N(C)C. The second-order valence-corrected chi connectivity index (χ2v) is 3.78. The second kappa shape index (κ2) is 4.94. The molecule has 1 N–H and O–H groups in total. The zero-order chi connectivity index (χ0) is 11.4. The largest absolute Gasteiger partial charge is 0.478 e.